The fourth-order valence-electron chi connectivity index (χ4n) is 1.22. The maximum absolute atomic E-state index is 10.0. The lowest BCUT2D eigenvalue weighted by molar-refractivity contribution is -0.130. The Kier molecular flexibility index (Phi) is 4.30. The van der Waals surface area contributed by atoms with E-state index in [-0.39, 0.29) is 0 Å². The molecule has 0 radical (unpaired) electrons. The summed E-state index contributed by atoms with van der Waals surface area (Å²) in [6.45, 7) is 2.00. The Labute approximate surface area is 77.3 Å². The molecule has 4 heteroatoms. The zero-order valence-electron chi connectivity index (χ0n) is 7.38. The Morgan fingerprint density at radius 3 is 2.85 bits per heavy atom. The highest BCUT2D eigenvalue weighted by Crippen LogP contribution is 2.04. The molecule has 1 aliphatic heterocycles. The van der Waals surface area contributed by atoms with Crippen LogP contribution in [-0.2, 0) is 9.53 Å². The average molecular weight is 183 g/mol. The first-order valence-electron chi connectivity index (χ1n) is 4.32. The molecule has 1 saturated heterocycles. The van der Waals surface area contributed by atoms with Crippen LogP contribution in [0.15, 0.2) is 0 Å². The Bertz CT molecular complexity index is 223. The Morgan fingerprint density at radius 2 is 2.23 bits per heavy atom. The van der Waals surface area contributed by atoms with Gasteiger partial charge in [-0.15, -0.1) is 0 Å². The zero-order valence-corrected chi connectivity index (χ0v) is 7.38. The molecule has 0 spiro atoms. The predicted octanol–water partition coefficient (Wildman–Crippen LogP) is -0.157. The van der Waals surface area contributed by atoms with E-state index in [0.717, 1.165) is 26.1 Å². The third-order valence-electron chi connectivity index (χ3n) is 1.90. The minimum Gasteiger partial charge on any atom is -0.472 e. The van der Waals surface area contributed by atoms with E-state index in [1.165, 1.54) is 0 Å². The third kappa shape index (κ3) is 4.51. The average Bonchev–Trinajstić information content (AvgIpc) is 2.14. The summed E-state index contributed by atoms with van der Waals surface area (Å²) < 4.78 is 5.17. The molecule has 72 valence electrons. The van der Waals surface area contributed by atoms with E-state index in [1.54, 1.807) is 0 Å². The summed E-state index contributed by atoms with van der Waals surface area (Å²) in [6.07, 6.45) is 1.96. The minimum absolute atomic E-state index is 0.428. The van der Waals surface area contributed by atoms with Crippen LogP contribution in [0.25, 0.3) is 0 Å². The number of rotatable bonds is 2. The van der Waals surface area contributed by atoms with Crippen LogP contribution in [0.3, 0.4) is 0 Å². The van der Waals surface area contributed by atoms with Gasteiger partial charge in [-0.05, 0) is 12.8 Å². The normalized spacial score (nSPS) is 17.5. The van der Waals surface area contributed by atoms with Gasteiger partial charge in [-0.3, -0.25) is 0 Å². The number of hydrogen-bond donors (Lipinski definition) is 2. The lowest BCUT2D eigenvalue weighted by Crippen LogP contribution is -2.34. The van der Waals surface area contributed by atoms with Crippen molar-refractivity contribution < 1.29 is 14.6 Å². The van der Waals surface area contributed by atoms with Crippen LogP contribution < -0.4 is 5.32 Å². The van der Waals surface area contributed by atoms with Crippen LogP contribution in [0.4, 0.5) is 0 Å². The quantitative estimate of drug-likeness (QED) is 0.584. The summed E-state index contributed by atoms with van der Waals surface area (Å²) in [7, 11) is 0. The summed E-state index contributed by atoms with van der Waals surface area (Å²) >= 11 is 0. The molecule has 0 bridgehead atoms. The van der Waals surface area contributed by atoms with Crippen molar-refractivity contribution in [2.45, 2.75) is 18.9 Å². The van der Waals surface area contributed by atoms with Crippen LogP contribution in [0, 0.1) is 11.8 Å². The molecule has 0 amide bonds. The highest BCUT2D eigenvalue weighted by atomic mass is 16.5. The highest BCUT2D eigenvalue weighted by molar-refractivity contribution is 5.86. The lowest BCUT2D eigenvalue weighted by Gasteiger charge is -2.21. The molecule has 2 N–H and O–H groups in total. The van der Waals surface area contributed by atoms with Gasteiger partial charge in [0.1, 0.15) is 0 Å². The van der Waals surface area contributed by atoms with Gasteiger partial charge in [0.15, 0.2) is 0 Å². The van der Waals surface area contributed by atoms with E-state index < -0.39 is 5.97 Å². The van der Waals surface area contributed by atoms with Gasteiger partial charge < -0.3 is 15.2 Å². The smallest absolute Gasteiger partial charge is 0.381 e. The van der Waals surface area contributed by atoms with Gasteiger partial charge >= 0.3 is 5.97 Å². The number of hydrogen-bond acceptors (Lipinski definition) is 3. The molecule has 1 heterocycles. The van der Waals surface area contributed by atoms with Crippen molar-refractivity contribution in [2.75, 3.05) is 19.8 Å². The molecule has 0 aromatic carbocycles. The lowest BCUT2D eigenvalue weighted by atomic mass is 10.1. The van der Waals surface area contributed by atoms with Crippen molar-refractivity contribution in [1.82, 2.24) is 5.32 Å². The van der Waals surface area contributed by atoms with E-state index in [1.807, 2.05) is 0 Å². The SMILES string of the molecule is O=C(O)C#CCNC1CCOCC1. The third-order valence-corrected chi connectivity index (χ3v) is 1.90. The first-order chi connectivity index (χ1) is 6.29. The zero-order chi connectivity index (χ0) is 9.52. The molecule has 4 nitrogen and oxygen atoms in total. The maximum Gasteiger partial charge on any atom is 0.381 e. The van der Waals surface area contributed by atoms with E-state index in [4.69, 9.17) is 9.84 Å². The first kappa shape index (κ1) is 10.0. The van der Waals surface area contributed by atoms with E-state index in [9.17, 15) is 4.79 Å². The van der Waals surface area contributed by atoms with Crippen molar-refractivity contribution in [3.63, 3.8) is 0 Å². The molecule has 0 aliphatic carbocycles. The van der Waals surface area contributed by atoms with E-state index >= 15 is 0 Å². The number of carboxylic acids is 1. The fourth-order valence-corrected chi connectivity index (χ4v) is 1.22. The van der Waals surface area contributed by atoms with Crippen molar-refractivity contribution in [1.29, 1.82) is 0 Å². The monoisotopic (exact) mass is 183 g/mol. The summed E-state index contributed by atoms with van der Waals surface area (Å²) in [4.78, 5) is 10.0. The van der Waals surface area contributed by atoms with Crippen molar-refractivity contribution >= 4 is 5.97 Å². The molecule has 0 aromatic heterocycles. The number of nitrogens with one attached hydrogen (secondary N) is 1. The first-order valence-corrected chi connectivity index (χ1v) is 4.32. The van der Waals surface area contributed by atoms with Crippen LogP contribution in [-0.4, -0.2) is 36.9 Å². The molecular formula is C9H13NO3. The standard InChI is InChI=1S/C9H13NO3/c11-9(12)2-1-5-10-8-3-6-13-7-4-8/h8,10H,3-7H2,(H,11,12). The summed E-state index contributed by atoms with van der Waals surface area (Å²) in [5.74, 6) is 3.51. The molecule has 1 fully saturated rings. The second-order valence-corrected chi connectivity index (χ2v) is 2.87. The van der Waals surface area contributed by atoms with Crippen molar-refractivity contribution in [2.24, 2.45) is 0 Å². The van der Waals surface area contributed by atoms with Gasteiger partial charge in [-0.2, -0.15) is 0 Å². The second kappa shape index (κ2) is 5.57. The van der Waals surface area contributed by atoms with Gasteiger partial charge in [0.2, 0.25) is 0 Å². The van der Waals surface area contributed by atoms with Crippen LogP contribution in [0.2, 0.25) is 0 Å². The van der Waals surface area contributed by atoms with Gasteiger partial charge in [0.25, 0.3) is 0 Å². The largest absolute Gasteiger partial charge is 0.472 e. The Hall–Kier alpha value is -1.05. The van der Waals surface area contributed by atoms with Crippen molar-refractivity contribution in [3.8, 4) is 11.8 Å². The van der Waals surface area contributed by atoms with Crippen LogP contribution in [0.1, 0.15) is 12.8 Å². The second-order valence-electron chi connectivity index (χ2n) is 2.87. The Balaban J connectivity index is 2.12. The van der Waals surface area contributed by atoms with E-state index in [2.05, 4.69) is 17.2 Å². The molecule has 1 rings (SSSR count). The maximum atomic E-state index is 10.0. The van der Waals surface area contributed by atoms with Gasteiger partial charge in [-0.1, -0.05) is 5.92 Å². The summed E-state index contributed by atoms with van der Waals surface area (Å²) in [6, 6.07) is 0.428. The molecule has 13 heavy (non-hydrogen) atoms. The molecule has 0 aromatic rings. The van der Waals surface area contributed by atoms with Crippen molar-refractivity contribution in [3.05, 3.63) is 0 Å². The highest BCUT2D eigenvalue weighted by Gasteiger charge is 2.11. The number of aliphatic carboxylic acids is 1. The molecule has 0 atom stereocenters. The van der Waals surface area contributed by atoms with Gasteiger partial charge in [0, 0.05) is 25.2 Å². The molecule has 0 saturated carbocycles. The predicted molar refractivity (Wildman–Crippen MR) is 47.3 cm³/mol. The fraction of sp³-hybridized carbons (Fsp3) is 0.667. The minimum atomic E-state index is -1.08. The van der Waals surface area contributed by atoms with Crippen LogP contribution in [0.5, 0.6) is 0 Å². The summed E-state index contributed by atoms with van der Waals surface area (Å²) in [5, 5.41) is 11.4. The number of ether oxygens (including phenoxy) is 1. The van der Waals surface area contributed by atoms with Gasteiger partial charge in [0.05, 0.1) is 6.54 Å². The Morgan fingerprint density at radius 1 is 1.54 bits per heavy atom. The topological polar surface area (TPSA) is 58.6 Å². The van der Waals surface area contributed by atoms with Gasteiger partial charge in [-0.25, -0.2) is 4.79 Å². The molecule has 0 unspecified atom stereocenters. The van der Waals surface area contributed by atoms with Crippen LogP contribution >= 0.6 is 0 Å². The molecular weight excluding hydrogens is 170 g/mol. The summed E-state index contributed by atoms with van der Waals surface area (Å²) in [5.41, 5.74) is 0. The molecule has 1 aliphatic rings. The van der Waals surface area contributed by atoms with E-state index in [0.29, 0.717) is 12.6 Å². The number of carbonyl (C=O) groups is 1. The number of carboxylic acid groups (broad SMARTS) is 1.